The van der Waals surface area contributed by atoms with Gasteiger partial charge in [-0.25, -0.2) is 4.57 Å². The second-order valence-corrected chi connectivity index (χ2v) is 11.5. The van der Waals surface area contributed by atoms with Gasteiger partial charge in [0.05, 0.1) is 5.56 Å². The average molecular weight is 513 g/mol. The van der Waals surface area contributed by atoms with Crippen LogP contribution in [0.25, 0.3) is 44.3 Å². The Morgan fingerprint density at radius 2 is 1.58 bits per heavy atom. The zero-order valence-corrected chi connectivity index (χ0v) is 22.5. The molecule has 0 bridgehead atoms. The molecule has 1 aliphatic carbocycles. The highest BCUT2D eigenvalue weighted by Gasteiger charge is 2.29. The van der Waals surface area contributed by atoms with Crippen LogP contribution < -0.4 is 4.57 Å². The Morgan fingerprint density at radius 1 is 0.868 bits per heavy atom. The number of benzene rings is 3. The van der Waals surface area contributed by atoms with Gasteiger partial charge in [0.15, 0.2) is 6.20 Å². The highest BCUT2D eigenvalue weighted by Crippen LogP contribution is 2.44. The molecule has 2 aromatic heterocycles. The van der Waals surface area contributed by atoms with E-state index >= 15 is 0 Å². The van der Waals surface area contributed by atoms with Crippen LogP contribution in [0.5, 0.6) is 0 Å². The normalized spacial score (nSPS) is 21.7. The Morgan fingerprint density at radius 3 is 2.29 bits per heavy atom. The summed E-state index contributed by atoms with van der Waals surface area (Å²) in [5.41, 5.74) is 2.80. The van der Waals surface area contributed by atoms with E-state index in [1.165, 1.54) is 18.3 Å². The van der Waals surface area contributed by atoms with Crippen LogP contribution in [0, 0.1) is 32.9 Å². The third-order valence-electron chi connectivity index (χ3n) is 8.31. The zero-order chi connectivity index (χ0) is 35.2. The van der Waals surface area contributed by atoms with E-state index in [0.29, 0.717) is 40.8 Å². The molecule has 1 aliphatic rings. The number of fused-ring (bicyclic) bond motifs is 3. The first-order valence-electron chi connectivity index (χ1n) is 18.3. The SMILES string of the molecule is [2H]C([2H])([2H])c1c[n+](C)c(-c2c(C)ccc3c2oc2ccccc23)cc1-c1c(C([2H])([2H])[2H])cc(C2([2H])CCC(C)(C)CC2)cc1C([2H])([2H])[2H]. The maximum atomic E-state index is 9.41. The molecule has 1 saturated carbocycles. The summed E-state index contributed by atoms with van der Waals surface area (Å²) in [5.74, 6) is -1.18. The minimum atomic E-state index is -2.81. The molecule has 0 saturated heterocycles. The van der Waals surface area contributed by atoms with Crippen LogP contribution in [0.3, 0.4) is 0 Å². The summed E-state index contributed by atoms with van der Waals surface area (Å²) in [6.07, 6.45) is 3.81. The minimum Gasteiger partial charge on any atom is -0.455 e. The Kier molecular flexibility index (Phi) is 3.81. The number of para-hydroxylation sites is 1. The van der Waals surface area contributed by atoms with Crippen molar-refractivity contribution in [2.75, 3.05) is 0 Å². The number of aromatic nitrogens is 1. The number of hydrogen-bond donors (Lipinski definition) is 0. The standard InChI is InChI=1S/C36H40NO/c1-22-12-13-29-28-10-8-9-11-32(28)38-35(29)34(22)31-20-30(25(4)21-37(31)7)33-23(2)18-27(19-24(33)3)26-14-16-36(5,6)17-15-26/h8-13,18-21,26H,14-17H2,1-7H3/q+1/i2D3,3D3,4D3,26D. The molecule has 2 heteroatoms. The van der Waals surface area contributed by atoms with E-state index in [2.05, 4.69) is 13.8 Å². The fraction of sp³-hybridized carbons (Fsp3) is 0.361. The molecule has 0 radical (unpaired) electrons. The van der Waals surface area contributed by atoms with E-state index in [1.54, 1.807) is 17.7 Å². The Bertz CT molecular complexity index is 2020. The molecule has 2 heterocycles. The van der Waals surface area contributed by atoms with Crippen LogP contribution in [-0.2, 0) is 7.05 Å². The zero-order valence-electron chi connectivity index (χ0n) is 32.5. The molecule has 0 aliphatic heterocycles. The second-order valence-electron chi connectivity index (χ2n) is 11.5. The quantitative estimate of drug-likeness (QED) is 0.220. The van der Waals surface area contributed by atoms with Crippen LogP contribution in [0.4, 0.5) is 0 Å². The van der Waals surface area contributed by atoms with Crippen molar-refractivity contribution in [1.29, 1.82) is 0 Å². The van der Waals surface area contributed by atoms with Crippen LogP contribution in [-0.4, -0.2) is 0 Å². The molecule has 5 aromatic rings. The van der Waals surface area contributed by atoms with Gasteiger partial charge < -0.3 is 4.42 Å². The lowest BCUT2D eigenvalue weighted by atomic mass is 9.71. The fourth-order valence-corrected chi connectivity index (χ4v) is 5.96. The van der Waals surface area contributed by atoms with Gasteiger partial charge in [-0.3, -0.25) is 0 Å². The van der Waals surface area contributed by atoms with Crippen molar-refractivity contribution in [1.82, 2.24) is 0 Å². The van der Waals surface area contributed by atoms with Gasteiger partial charge in [0, 0.05) is 36.1 Å². The van der Waals surface area contributed by atoms with E-state index in [9.17, 15) is 1.37 Å². The van der Waals surface area contributed by atoms with Crippen molar-refractivity contribution >= 4 is 21.9 Å². The van der Waals surface area contributed by atoms with Gasteiger partial charge >= 0.3 is 0 Å². The molecule has 6 rings (SSSR count). The van der Waals surface area contributed by atoms with Crippen LogP contribution in [0.2, 0.25) is 0 Å². The number of furan rings is 1. The summed E-state index contributed by atoms with van der Waals surface area (Å²) in [6.45, 7) is -2.16. The number of nitrogens with zero attached hydrogens (tertiary/aromatic N) is 1. The molecule has 0 spiro atoms. The third kappa shape index (κ3) is 4.15. The summed E-state index contributed by atoms with van der Waals surface area (Å²) in [7, 11) is 1.71. The molecule has 3 aromatic carbocycles. The Hall–Kier alpha value is -3.39. The van der Waals surface area contributed by atoms with Gasteiger partial charge in [-0.1, -0.05) is 56.3 Å². The average Bonchev–Trinajstić information content (AvgIpc) is 3.35. The molecule has 38 heavy (non-hydrogen) atoms. The number of hydrogen-bond acceptors (Lipinski definition) is 1. The number of pyridine rings is 1. The van der Waals surface area contributed by atoms with Crippen molar-refractivity contribution in [3.63, 3.8) is 0 Å². The lowest BCUT2D eigenvalue weighted by Gasteiger charge is -2.35. The molecule has 0 N–H and O–H groups in total. The number of aryl methyl sites for hydroxylation is 5. The fourth-order valence-electron chi connectivity index (χ4n) is 5.96. The highest BCUT2D eigenvalue weighted by molar-refractivity contribution is 6.09. The van der Waals surface area contributed by atoms with E-state index < -0.39 is 26.4 Å². The summed E-state index contributed by atoms with van der Waals surface area (Å²) < 4.78 is 94.6. The smallest absolute Gasteiger partial charge is 0.216 e. The topological polar surface area (TPSA) is 17.0 Å². The first-order valence-corrected chi connectivity index (χ1v) is 13.3. The van der Waals surface area contributed by atoms with Crippen molar-refractivity contribution in [3.05, 3.63) is 88.6 Å². The largest absolute Gasteiger partial charge is 0.455 e. The minimum absolute atomic E-state index is 0.00298. The van der Waals surface area contributed by atoms with Gasteiger partial charge in [0.2, 0.25) is 5.69 Å². The van der Waals surface area contributed by atoms with Gasteiger partial charge in [0.1, 0.15) is 18.2 Å². The van der Waals surface area contributed by atoms with Gasteiger partial charge in [-0.15, -0.1) is 0 Å². The predicted molar refractivity (Wildman–Crippen MR) is 160 cm³/mol. The van der Waals surface area contributed by atoms with Crippen molar-refractivity contribution < 1.29 is 22.7 Å². The summed E-state index contributed by atoms with van der Waals surface area (Å²) in [4.78, 5) is 0. The summed E-state index contributed by atoms with van der Waals surface area (Å²) in [5, 5.41) is 1.77. The molecular formula is C36H40NO+. The maximum Gasteiger partial charge on any atom is 0.216 e. The molecule has 0 atom stereocenters. The van der Waals surface area contributed by atoms with Crippen LogP contribution in [0.1, 0.15) is 86.9 Å². The van der Waals surface area contributed by atoms with Gasteiger partial charge in [0.25, 0.3) is 0 Å². The Labute approximate surface area is 241 Å². The first-order chi connectivity index (χ1) is 22.1. The molecule has 0 amide bonds. The molecular weight excluding hydrogens is 462 g/mol. The first kappa shape index (κ1) is 15.9. The Balaban J connectivity index is 1.71. The van der Waals surface area contributed by atoms with Crippen molar-refractivity contribution in [2.45, 2.75) is 72.9 Å². The van der Waals surface area contributed by atoms with Crippen molar-refractivity contribution in [3.8, 4) is 22.4 Å². The summed E-state index contributed by atoms with van der Waals surface area (Å²) >= 11 is 0. The lowest BCUT2D eigenvalue weighted by molar-refractivity contribution is -0.660. The van der Waals surface area contributed by atoms with Crippen LogP contribution in [0.15, 0.2) is 65.2 Å². The maximum absolute atomic E-state index is 9.41. The highest BCUT2D eigenvalue weighted by atomic mass is 16.3. The van der Waals surface area contributed by atoms with Gasteiger partial charge in [-0.2, -0.15) is 0 Å². The van der Waals surface area contributed by atoms with Gasteiger partial charge in [-0.05, 0) is 104 Å². The third-order valence-corrected chi connectivity index (χ3v) is 8.31. The van der Waals surface area contributed by atoms with E-state index in [-0.39, 0.29) is 33.2 Å². The molecule has 2 nitrogen and oxygen atoms in total. The number of rotatable bonds is 3. The predicted octanol–water partition coefficient (Wildman–Crippen LogP) is 9.66. The lowest BCUT2D eigenvalue weighted by Crippen LogP contribution is -2.31. The second kappa shape index (κ2) is 9.12. The molecule has 0 unspecified atom stereocenters. The monoisotopic (exact) mass is 512 g/mol. The molecule has 194 valence electrons. The summed E-state index contributed by atoms with van der Waals surface area (Å²) in [6, 6.07) is 16.0. The molecule has 1 fully saturated rings. The van der Waals surface area contributed by atoms with Crippen LogP contribution >= 0.6 is 0 Å². The van der Waals surface area contributed by atoms with E-state index in [4.69, 9.17) is 16.8 Å². The van der Waals surface area contributed by atoms with Crippen molar-refractivity contribution in [2.24, 2.45) is 12.5 Å². The van der Waals surface area contributed by atoms with E-state index in [0.717, 1.165) is 29.2 Å². The van der Waals surface area contributed by atoms with E-state index in [1.807, 2.05) is 43.3 Å².